The molecule has 3 nitrogen and oxygen atoms in total. The van der Waals surface area contributed by atoms with E-state index in [0.29, 0.717) is 22.5 Å². The molecule has 0 unspecified atom stereocenters. The third kappa shape index (κ3) is 4.21. The molecule has 0 aliphatic heterocycles. The average Bonchev–Trinajstić information content (AvgIpc) is 3.78. The van der Waals surface area contributed by atoms with Crippen molar-refractivity contribution in [1.82, 2.24) is 0 Å². The first-order valence-corrected chi connectivity index (χ1v) is 14.6. The van der Waals surface area contributed by atoms with Crippen molar-refractivity contribution < 1.29 is 18.4 Å². The normalized spacial score (nSPS) is 13.7. The molecule has 7 aromatic carbocycles. The largest absolute Gasteiger partial charge is 0.456 e. The zero-order valence-electron chi connectivity index (χ0n) is 30.8. The molecule has 0 N–H and O–H groups in total. The van der Waals surface area contributed by atoms with E-state index in [0.717, 1.165) is 33.0 Å². The monoisotopic (exact) mass is 584 g/mol. The SMILES string of the molecule is [2H]c1c([2H])c([2H])c2c(oc3c([2H])c(N(c4ccc(-c5ccccc5)cc4)c4ccc(-c5ccccc5)c5c4oc4ccccc45)c([2H])c([2H])c32)c1[2H]. The molecule has 0 spiro atoms. The second-order valence-electron chi connectivity index (χ2n) is 10.8. The molecular formula is C42H27NO2. The zero-order chi connectivity index (χ0) is 35.8. The summed E-state index contributed by atoms with van der Waals surface area (Å²) in [4.78, 5) is 1.73. The topological polar surface area (TPSA) is 29.5 Å². The lowest BCUT2D eigenvalue weighted by molar-refractivity contribution is 0.667. The maximum Gasteiger partial charge on any atom is 0.160 e. The number of furan rings is 2. The maximum absolute atomic E-state index is 9.57. The molecule has 0 fully saturated rings. The van der Waals surface area contributed by atoms with E-state index < -0.39 is 18.1 Å². The second kappa shape index (κ2) is 10.3. The van der Waals surface area contributed by atoms with Gasteiger partial charge in [-0.2, -0.15) is 0 Å². The molecular weight excluding hydrogens is 550 g/mol. The first-order chi connectivity index (χ1) is 25.2. The van der Waals surface area contributed by atoms with Crippen molar-refractivity contribution in [3.8, 4) is 22.3 Å². The van der Waals surface area contributed by atoms with Crippen molar-refractivity contribution >= 4 is 60.9 Å². The van der Waals surface area contributed by atoms with Crippen LogP contribution in [0.25, 0.3) is 66.1 Å². The lowest BCUT2D eigenvalue weighted by atomic mass is 9.98. The van der Waals surface area contributed by atoms with E-state index in [9.17, 15) is 4.11 Å². The van der Waals surface area contributed by atoms with Gasteiger partial charge in [-0.1, -0.05) is 115 Å². The number of hydrogen-bond donors (Lipinski definition) is 0. The number of hydrogen-bond acceptors (Lipinski definition) is 3. The Labute approximate surface area is 270 Å². The minimum atomic E-state index is -0.480. The van der Waals surface area contributed by atoms with Crippen LogP contribution < -0.4 is 4.90 Å². The van der Waals surface area contributed by atoms with Gasteiger partial charge in [0.2, 0.25) is 0 Å². The molecule has 9 aromatic rings. The van der Waals surface area contributed by atoms with Crippen molar-refractivity contribution in [2.24, 2.45) is 0 Å². The van der Waals surface area contributed by atoms with E-state index in [1.54, 1.807) is 4.90 Å². The summed E-state index contributed by atoms with van der Waals surface area (Å²) in [5.41, 5.74) is 5.99. The summed E-state index contributed by atoms with van der Waals surface area (Å²) in [6.45, 7) is 0. The molecule has 0 amide bonds. The summed E-state index contributed by atoms with van der Waals surface area (Å²) in [5.74, 6) is 0. The van der Waals surface area contributed by atoms with Gasteiger partial charge >= 0.3 is 0 Å². The molecule has 3 heteroatoms. The lowest BCUT2D eigenvalue weighted by Crippen LogP contribution is -2.10. The fourth-order valence-corrected chi connectivity index (χ4v) is 6.07. The van der Waals surface area contributed by atoms with Gasteiger partial charge in [0, 0.05) is 33.3 Å². The van der Waals surface area contributed by atoms with Gasteiger partial charge in [0.25, 0.3) is 0 Å². The zero-order valence-corrected chi connectivity index (χ0v) is 23.8. The van der Waals surface area contributed by atoms with Gasteiger partial charge in [0.1, 0.15) is 16.7 Å². The van der Waals surface area contributed by atoms with Crippen LogP contribution in [0.15, 0.2) is 172 Å². The Balaban J connectivity index is 1.38. The quantitative estimate of drug-likeness (QED) is 0.201. The molecule has 2 heterocycles. The van der Waals surface area contributed by atoms with E-state index >= 15 is 0 Å². The Morgan fingerprint density at radius 3 is 1.98 bits per heavy atom. The van der Waals surface area contributed by atoms with E-state index in [1.807, 2.05) is 121 Å². The molecule has 212 valence electrons. The summed E-state index contributed by atoms with van der Waals surface area (Å²) in [7, 11) is 0. The van der Waals surface area contributed by atoms with Gasteiger partial charge in [-0.05, 0) is 64.6 Å². The van der Waals surface area contributed by atoms with E-state index in [-0.39, 0.29) is 51.8 Å². The molecule has 45 heavy (non-hydrogen) atoms. The lowest BCUT2D eigenvalue weighted by Gasteiger charge is -2.26. The second-order valence-corrected chi connectivity index (χ2v) is 10.8. The van der Waals surface area contributed by atoms with E-state index in [4.69, 9.17) is 14.3 Å². The number of para-hydroxylation sites is 2. The summed E-state index contributed by atoms with van der Waals surface area (Å²) < 4.78 is 74.6. The van der Waals surface area contributed by atoms with Gasteiger partial charge < -0.3 is 13.7 Å². The van der Waals surface area contributed by atoms with Gasteiger partial charge in [-0.3, -0.25) is 0 Å². The van der Waals surface area contributed by atoms with Crippen molar-refractivity contribution in [2.75, 3.05) is 4.90 Å². The number of anilines is 3. The summed E-state index contributed by atoms with van der Waals surface area (Å²) >= 11 is 0. The smallest absolute Gasteiger partial charge is 0.160 e. The Hall–Kier alpha value is -6.06. The van der Waals surface area contributed by atoms with Crippen LogP contribution in [0.4, 0.5) is 17.1 Å². The molecule has 0 aliphatic carbocycles. The van der Waals surface area contributed by atoms with Crippen LogP contribution in [0, 0.1) is 0 Å². The third-order valence-electron chi connectivity index (χ3n) is 8.16. The molecule has 0 saturated heterocycles. The van der Waals surface area contributed by atoms with Crippen molar-refractivity contribution in [2.45, 2.75) is 0 Å². The molecule has 0 saturated carbocycles. The van der Waals surface area contributed by atoms with Gasteiger partial charge in [-0.25, -0.2) is 0 Å². The minimum absolute atomic E-state index is 0.00608. The standard InChI is InChI=1S/C42H27NO2/c1-3-11-28(12-4-1)29-19-21-31(22-20-29)43(32-23-24-35-34-15-7-9-17-38(34)44-40(35)27-32)37-26-25-33(30-13-5-2-6-14-30)41-36-16-8-10-18-39(36)45-42(37)41/h1-27H/i7D,9D,15D,17D,23D,24D,27D. The van der Waals surface area contributed by atoms with Crippen molar-refractivity contribution in [1.29, 1.82) is 0 Å². The van der Waals surface area contributed by atoms with E-state index in [2.05, 4.69) is 0 Å². The molecule has 0 bridgehead atoms. The third-order valence-corrected chi connectivity index (χ3v) is 8.16. The molecule has 0 atom stereocenters. The van der Waals surface area contributed by atoms with Crippen LogP contribution in [-0.4, -0.2) is 0 Å². The highest BCUT2D eigenvalue weighted by Gasteiger charge is 2.23. The Bertz CT molecular complexity index is 2870. The van der Waals surface area contributed by atoms with Gasteiger partial charge in [0.15, 0.2) is 5.58 Å². The molecule has 0 radical (unpaired) electrons. The highest BCUT2D eigenvalue weighted by molar-refractivity contribution is 6.17. The number of nitrogens with zero attached hydrogens (tertiary/aromatic N) is 1. The molecule has 9 rings (SSSR count). The minimum Gasteiger partial charge on any atom is -0.456 e. The highest BCUT2D eigenvalue weighted by atomic mass is 16.3. The van der Waals surface area contributed by atoms with Crippen LogP contribution in [-0.2, 0) is 0 Å². The van der Waals surface area contributed by atoms with Crippen molar-refractivity contribution in [3.63, 3.8) is 0 Å². The van der Waals surface area contributed by atoms with E-state index in [1.165, 1.54) is 0 Å². The molecule has 0 aliphatic rings. The number of benzene rings is 7. The highest BCUT2D eigenvalue weighted by Crippen LogP contribution is 2.46. The summed E-state index contributed by atoms with van der Waals surface area (Å²) in [6.07, 6.45) is 0. The predicted molar refractivity (Wildman–Crippen MR) is 187 cm³/mol. The number of fused-ring (bicyclic) bond motifs is 6. The van der Waals surface area contributed by atoms with Gasteiger partial charge in [0.05, 0.1) is 21.0 Å². The first-order valence-electron chi connectivity index (χ1n) is 18.1. The predicted octanol–water partition coefficient (Wildman–Crippen LogP) is 12.3. The Kier molecular flexibility index (Phi) is 4.40. The Morgan fingerprint density at radius 1 is 0.467 bits per heavy atom. The maximum atomic E-state index is 9.57. The van der Waals surface area contributed by atoms with Crippen LogP contribution >= 0.6 is 0 Å². The van der Waals surface area contributed by atoms with Crippen LogP contribution in [0.2, 0.25) is 0 Å². The van der Waals surface area contributed by atoms with Crippen molar-refractivity contribution in [3.05, 3.63) is 164 Å². The van der Waals surface area contributed by atoms with Crippen LogP contribution in [0.3, 0.4) is 0 Å². The Morgan fingerprint density at radius 2 is 1.16 bits per heavy atom. The summed E-state index contributed by atoms with van der Waals surface area (Å²) in [6, 6.07) is 36.7. The van der Waals surface area contributed by atoms with Crippen LogP contribution in [0.5, 0.6) is 0 Å². The summed E-state index contributed by atoms with van der Waals surface area (Å²) in [5, 5.41) is 1.72. The fraction of sp³-hybridized carbons (Fsp3) is 0. The first kappa shape index (κ1) is 19.3. The fourth-order valence-electron chi connectivity index (χ4n) is 6.07. The number of rotatable bonds is 5. The van der Waals surface area contributed by atoms with Crippen LogP contribution in [0.1, 0.15) is 9.60 Å². The van der Waals surface area contributed by atoms with Gasteiger partial charge in [-0.15, -0.1) is 0 Å². The molecule has 2 aromatic heterocycles. The average molecular weight is 585 g/mol.